The molecule has 0 saturated heterocycles. The Morgan fingerprint density at radius 3 is 2.09 bits per heavy atom. The molecule has 0 bridgehead atoms. The molecule has 0 aliphatic carbocycles. The van der Waals surface area contributed by atoms with Gasteiger partial charge in [0.1, 0.15) is 6.10 Å². The Labute approximate surface area is 79.2 Å². The first-order chi connectivity index (χ1) is 4.33. The van der Waals surface area contributed by atoms with E-state index < -0.39 is 16.4 Å². The molecule has 0 amide bonds. The Morgan fingerprint density at radius 2 is 2.00 bits per heavy atom. The van der Waals surface area contributed by atoms with Gasteiger partial charge in [-0.1, -0.05) is 0 Å². The second-order valence-electron chi connectivity index (χ2n) is 1.84. The molecule has 0 fully saturated rings. The van der Waals surface area contributed by atoms with Crippen molar-refractivity contribution < 1.29 is 37.7 Å². The van der Waals surface area contributed by atoms with Crippen molar-refractivity contribution in [2.24, 2.45) is 5.14 Å². The average molecular weight is 175 g/mol. The van der Waals surface area contributed by atoms with E-state index in [1.165, 1.54) is 13.8 Å². The summed E-state index contributed by atoms with van der Waals surface area (Å²) < 4.78 is 24.4. The fourth-order valence-corrected chi connectivity index (χ4v) is 0.807. The van der Waals surface area contributed by atoms with Gasteiger partial charge in [-0.15, -0.1) is 0 Å². The van der Waals surface area contributed by atoms with Gasteiger partial charge in [0.05, 0.1) is 0 Å². The van der Waals surface area contributed by atoms with Gasteiger partial charge >= 0.3 is 29.2 Å². The molecule has 0 aromatic carbocycles. The van der Waals surface area contributed by atoms with Gasteiger partial charge in [-0.3, -0.25) is 4.79 Å². The fourth-order valence-electron chi connectivity index (χ4n) is 0.269. The summed E-state index contributed by atoms with van der Waals surface area (Å²) in [5.74, 6) is -0.381. The van der Waals surface area contributed by atoms with Crippen LogP contribution in [0.3, 0.4) is 0 Å². The maximum absolute atomic E-state index is 10.4. The Balaban J connectivity index is -0.000000405. The van der Waals surface area contributed by atoms with Crippen molar-refractivity contribution in [3.8, 4) is 0 Å². The van der Waals surface area contributed by atoms with Gasteiger partial charge in [0, 0.05) is 0 Å². The normalized spacial score (nSPS) is 13.4. The predicted octanol–water partition coefficient (Wildman–Crippen LogP) is -3.70. The van der Waals surface area contributed by atoms with Crippen LogP contribution in [0.15, 0.2) is 0 Å². The second-order valence-corrected chi connectivity index (χ2v) is 3.02. The summed E-state index contributed by atoms with van der Waals surface area (Å²) in [6.07, 6.45) is -0.991. The standard InChI is InChI=1S/C4H9NO4S.Li.H/c1-3(6)4(2)9-10(5,7)8;;/h4H,1-2H3,(H2,5,7,8);;/q;+1;-1. The van der Waals surface area contributed by atoms with Crippen LogP contribution in [0, 0.1) is 0 Å². The number of Topliss-reactive ketones (excluding diaryl/α,β-unsaturated/α-hetero) is 1. The Kier molecular flexibility index (Phi) is 6.11. The first-order valence-electron chi connectivity index (χ1n) is 2.54. The number of rotatable bonds is 3. The van der Waals surface area contributed by atoms with E-state index in [0.717, 1.165) is 0 Å². The molecular formula is C4H10LiNO4S. The van der Waals surface area contributed by atoms with Crippen LogP contribution >= 0.6 is 0 Å². The average Bonchev–Trinajstić information content (AvgIpc) is 1.60. The molecule has 0 aliphatic rings. The topological polar surface area (TPSA) is 86.5 Å². The van der Waals surface area contributed by atoms with Crippen molar-refractivity contribution >= 4 is 16.1 Å². The molecule has 5 nitrogen and oxygen atoms in total. The van der Waals surface area contributed by atoms with E-state index in [4.69, 9.17) is 0 Å². The third-order valence-corrected chi connectivity index (χ3v) is 1.41. The van der Waals surface area contributed by atoms with Gasteiger partial charge in [0.25, 0.3) is 0 Å². The second kappa shape index (κ2) is 4.90. The van der Waals surface area contributed by atoms with E-state index in [2.05, 4.69) is 9.32 Å². The van der Waals surface area contributed by atoms with Crippen molar-refractivity contribution in [3.05, 3.63) is 0 Å². The van der Waals surface area contributed by atoms with Crippen molar-refractivity contribution in [3.63, 3.8) is 0 Å². The number of carbonyl (C=O) groups excluding carboxylic acids is 1. The smallest absolute Gasteiger partial charge is 1.00 e. The summed E-state index contributed by atoms with van der Waals surface area (Å²) in [4.78, 5) is 10.4. The molecule has 0 aromatic rings. The largest absolute Gasteiger partial charge is 1.00 e. The van der Waals surface area contributed by atoms with Crippen molar-refractivity contribution in [2.75, 3.05) is 0 Å². The Bertz CT molecular complexity index is 229. The molecule has 62 valence electrons. The van der Waals surface area contributed by atoms with Gasteiger partial charge in [-0.05, 0) is 13.8 Å². The quantitative estimate of drug-likeness (QED) is 0.447. The van der Waals surface area contributed by atoms with Crippen LogP contribution in [0.4, 0.5) is 0 Å². The molecule has 0 rings (SSSR count). The summed E-state index contributed by atoms with van der Waals surface area (Å²) >= 11 is 0. The molecule has 11 heavy (non-hydrogen) atoms. The van der Waals surface area contributed by atoms with Crippen molar-refractivity contribution in [2.45, 2.75) is 20.0 Å². The summed E-state index contributed by atoms with van der Waals surface area (Å²) in [7, 11) is -3.99. The molecule has 1 atom stereocenters. The SMILES string of the molecule is CC(=O)C(C)OS(N)(=O)=O.[H-].[Li+]. The molecule has 0 aliphatic heterocycles. The van der Waals surface area contributed by atoms with E-state index in [9.17, 15) is 13.2 Å². The van der Waals surface area contributed by atoms with Gasteiger partial charge < -0.3 is 1.43 Å². The number of nitrogens with two attached hydrogens (primary N) is 1. The van der Waals surface area contributed by atoms with Gasteiger partial charge in [0.2, 0.25) is 0 Å². The third kappa shape index (κ3) is 8.04. The minimum absolute atomic E-state index is 0. The van der Waals surface area contributed by atoms with Crippen LogP contribution in [0.5, 0.6) is 0 Å². The van der Waals surface area contributed by atoms with Crippen LogP contribution in [0.2, 0.25) is 0 Å². The maximum atomic E-state index is 10.4. The van der Waals surface area contributed by atoms with Crippen LogP contribution in [-0.4, -0.2) is 20.3 Å². The first-order valence-corrected chi connectivity index (χ1v) is 4.01. The van der Waals surface area contributed by atoms with E-state index in [1.807, 2.05) is 0 Å². The minimum atomic E-state index is -3.99. The molecule has 2 N–H and O–H groups in total. The van der Waals surface area contributed by atoms with E-state index in [0.29, 0.717) is 0 Å². The zero-order chi connectivity index (χ0) is 8.36. The Morgan fingerprint density at radius 1 is 1.64 bits per heavy atom. The molecular weight excluding hydrogens is 165 g/mol. The zero-order valence-electron chi connectivity index (χ0n) is 7.70. The van der Waals surface area contributed by atoms with Crippen molar-refractivity contribution in [1.29, 1.82) is 0 Å². The molecule has 0 aromatic heterocycles. The number of ketones is 1. The minimum Gasteiger partial charge on any atom is -1.00 e. The number of carbonyl (C=O) groups is 1. The summed E-state index contributed by atoms with van der Waals surface area (Å²) in [5.41, 5.74) is 0. The monoisotopic (exact) mass is 175 g/mol. The van der Waals surface area contributed by atoms with Crippen LogP contribution in [0.1, 0.15) is 15.3 Å². The zero-order valence-corrected chi connectivity index (χ0v) is 7.51. The van der Waals surface area contributed by atoms with Gasteiger partial charge in [0.15, 0.2) is 5.78 Å². The Hall–Kier alpha value is 0.137. The number of hydrogen-bond acceptors (Lipinski definition) is 4. The molecule has 0 heterocycles. The van der Waals surface area contributed by atoms with Crippen LogP contribution < -0.4 is 24.0 Å². The maximum Gasteiger partial charge on any atom is 1.00 e. The molecule has 7 heteroatoms. The molecule has 1 unspecified atom stereocenters. The first kappa shape index (κ1) is 13.7. The van der Waals surface area contributed by atoms with Gasteiger partial charge in [-0.2, -0.15) is 8.42 Å². The van der Waals surface area contributed by atoms with E-state index in [1.54, 1.807) is 0 Å². The van der Waals surface area contributed by atoms with Crippen LogP contribution in [-0.2, 0) is 19.3 Å². The fraction of sp³-hybridized carbons (Fsp3) is 0.750. The number of hydrogen-bond donors (Lipinski definition) is 1. The molecule has 0 spiro atoms. The summed E-state index contributed by atoms with van der Waals surface area (Å²) in [6.45, 7) is 2.53. The summed E-state index contributed by atoms with van der Waals surface area (Å²) in [5, 5.41) is 4.47. The van der Waals surface area contributed by atoms with Gasteiger partial charge in [-0.25, -0.2) is 9.32 Å². The summed E-state index contributed by atoms with van der Waals surface area (Å²) in [6, 6.07) is 0. The molecule has 0 radical (unpaired) electrons. The van der Waals surface area contributed by atoms with E-state index in [-0.39, 0.29) is 26.1 Å². The van der Waals surface area contributed by atoms with E-state index >= 15 is 0 Å². The third-order valence-electron chi connectivity index (χ3n) is 0.851. The molecule has 0 saturated carbocycles. The predicted molar refractivity (Wildman–Crippen MR) is 35.4 cm³/mol. The van der Waals surface area contributed by atoms with Crippen molar-refractivity contribution in [1.82, 2.24) is 0 Å². The van der Waals surface area contributed by atoms with Crippen LogP contribution in [0.25, 0.3) is 0 Å².